The monoisotopic (exact) mass is 317 g/mol. The van der Waals surface area contributed by atoms with Gasteiger partial charge in [-0.05, 0) is 32.4 Å². The van der Waals surface area contributed by atoms with Crippen molar-refractivity contribution in [2.24, 2.45) is 0 Å². The average molecular weight is 317 g/mol. The summed E-state index contributed by atoms with van der Waals surface area (Å²) in [6, 6.07) is 9.20. The topological polar surface area (TPSA) is 63.7 Å². The highest BCUT2D eigenvalue weighted by Gasteiger charge is 2.19. The van der Waals surface area contributed by atoms with Gasteiger partial charge < -0.3 is 9.64 Å². The molecule has 0 bridgehead atoms. The number of esters is 1. The van der Waals surface area contributed by atoms with E-state index in [1.54, 1.807) is 26.8 Å². The Hall–Kier alpha value is -2.43. The molecule has 0 aliphatic rings. The van der Waals surface area contributed by atoms with Gasteiger partial charge in [0, 0.05) is 13.5 Å². The predicted octanol–water partition coefficient (Wildman–Crippen LogP) is 2.81. The molecule has 0 aliphatic carbocycles. The fourth-order valence-corrected chi connectivity index (χ4v) is 1.96. The first kappa shape index (κ1) is 18.6. The lowest BCUT2D eigenvalue weighted by atomic mass is 10.2. The molecule has 0 radical (unpaired) electrons. The van der Waals surface area contributed by atoms with E-state index < -0.39 is 11.6 Å². The number of hydrogen-bond acceptors (Lipinski definition) is 4. The van der Waals surface area contributed by atoms with Crippen LogP contribution >= 0.6 is 0 Å². The van der Waals surface area contributed by atoms with Gasteiger partial charge in [0.05, 0.1) is 12.1 Å². The zero-order valence-electron chi connectivity index (χ0n) is 14.0. The number of carbonyl (C=O) groups is 3. The van der Waals surface area contributed by atoms with E-state index in [1.807, 2.05) is 30.3 Å². The molecule has 0 heterocycles. The molecule has 5 nitrogen and oxygen atoms in total. The Balaban J connectivity index is 2.84. The van der Waals surface area contributed by atoms with Crippen molar-refractivity contribution < 1.29 is 19.1 Å². The van der Waals surface area contributed by atoms with Crippen LogP contribution in [0.4, 0.5) is 0 Å². The molecule has 0 aromatic heterocycles. The van der Waals surface area contributed by atoms with E-state index in [1.165, 1.54) is 11.8 Å². The highest BCUT2D eigenvalue weighted by molar-refractivity contribution is 5.89. The third kappa shape index (κ3) is 6.91. The molecule has 5 heteroatoms. The summed E-state index contributed by atoms with van der Waals surface area (Å²) in [4.78, 5) is 36.2. The van der Waals surface area contributed by atoms with Crippen molar-refractivity contribution in [3.05, 3.63) is 41.6 Å². The van der Waals surface area contributed by atoms with Crippen molar-refractivity contribution in [2.45, 2.75) is 39.7 Å². The molecule has 1 rings (SSSR count). The molecule has 0 fully saturated rings. The lowest BCUT2D eigenvalue weighted by Gasteiger charge is -2.23. The molecule has 1 aromatic rings. The number of hydrogen-bond donors (Lipinski definition) is 0. The molecule has 1 aromatic carbocycles. The fraction of sp³-hybridized carbons (Fsp3) is 0.389. The third-order valence-corrected chi connectivity index (χ3v) is 2.89. The Kier molecular flexibility index (Phi) is 6.69. The first-order chi connectivity index (χ1) is 10.7. The molecule has 0 saturated heterocycles. The molecule has 124 valence electrons. The van der Waals surface area contributed by atoms with Crippen LogP contribution in [0.25, 0.3) is 6.08 Å². The van der Waals surface area contributed by atoms with Crippen LogP contribution in [0.15, 0.2) is 36.0 Å². The smallest absolute Gasteiger partial charge is 0.308 e. The minimum Gasteiger partial charge on any atom is -0.460 e. The van der Waals surface area contributed by atoms with E-state index >= 15 is 0 Å². The number of allylic oxidation sites excluding steroid dienone is 1. The summed E-state index contributed by atoms with van der Waals surface area (Å²) in [6.45, 7) is 6.79. The highest BCUT2D eigenvalue weighted by Crippen LogP contribution is 2.13. The minimum atomic E-state index is -0.578. The molecule has 0 spiro atoms. The van der Waals surface area contributed by atoms with Crippen LogP contribution in [0.2, 0.25) is 0 Å². The second-order valence-electron chi connectivity index (χ2n) is 6.10. The van der Waals surface area contributed by atoms with Crippen LogP contribution in [0.5, 0.6) is 0 Å². The number of rotatable bonds is 6. The summed E-state index contributed by atoms with van der Waals surface area (Å²) < 4.78 is 5.21. The van der Waals surface area contributed by atoms with Crippen molar-refractivity contribution in [1.82, 2.24) is 4.90 Å². The first-order valence-corrected chi connectivity index (χ1v) is 7.45. The Labute approximate surface area is 136 Å². The van der Waals surface area contributed by atoms with Gasteiger partial charge in [-0.2, -0.15) is 0 Å². The van der Waals surface area contributed by atoms with Crippen molar-refractivity contribution in [2.75, 3.05) is 6.54 Å². The van der Waals surface area contributed by atoms with Crippen LogP contribution in [-0.2, 0) is 19.1 Å². The van der Waals surface area contributed by atoms with E-state index in [-0.39, 0.29) is 24.6 Å². The normalized spacial score (nSPS) is 11.7. The highest BCUT2D eigenvalue weighted by atomic mass is 16.6. The van der Waals surface area contributed by atoms with Gasteiger partial charge in [-0.3, -0.25) is 14.4 Å². The van der Waals surface area contributed by atoms with E-state index in [4.69, 9.17) is 4.74 Å². The Bertz CT molecular complexity index is 585. The van der Waals surface area contributed by atoms with Gasteiger partial charge in [-0.1, -0.05) is 30.3 Å². The standard InChI is InChI=1S/C18H23NO4/c1-14(21)19(11-10-17(22)23-18(2,3)4)16(13-20)12-15-8-6-5-7-9-15/h5-9,12-13H,10-11H2,1-4H3. The fourth-order valence-electron chi connectivity index (χ4n) is 1.96. The maximum absolute atomic E-state index is 11.8. The van der Waals surface area contributed by atoms with Crippen LogP contribution < -0.4 is 0 Å². The third-order valence-electron chi connectivity index (χ3n) is 2.89. The molecular weight excluding hydrogens is 294 g/mol. The molecule has 23 heavy (non-hydrogen) atoms. The zero-order chi connectivity index (χ0) is 17.5. The maximum Gasteiger partial charge on any atom is 0.308 e. The van der Waals surface area contributed by atoms with Crippen molar-refractivity contribution in [1.29, 1.82) is 0 Å². The van der Waals surface area contributed by atoms with Gasteiger partial charge in [0.2, 0.25) is 5.91 Å². The molecular formula is C18H23NO4. The largest absolute Gasteiger partial charge is 0.460 e. The van der Waals surface area contributed by atoms with Crippen molar-refractivity contribution in [3.8, 4) is 0 Å². The summed E-state index contributed by atoms with van der Waals surface area (Å²) in [6.07, 6.45) is 2.25. The number of ether oxygens (including phenoxy) is 1. The number of carbonyl (C=O) groups excluding carboxylic acids is 3. The van der Waals surface area contributed by atoms with Gasteiger partial charge in [-0.15, -0.1) is 0 Å². The predicted molar refractivity (Wildman–Crippen MR) is 88.3 cm³/mol. The molecule has 1 amide bonds. The average Bonchev–Trinajstić information content (AvgIpc) is 2.45. The van der Waals surface area contributed by atoms with Crippen molar-refractivity contribution >= 4 is 24.2 Å². The lowest BCUT2D eigenvalue weighted by molar-refractivity contribution is -0.155. The zero-order valence-corrected chi connectivity index (χ0v) is 14.0. The van der Waals surface area contributed by atoms with Gasteiger partial charge >= 0.3 is 5.97 Å². The number of amides is 1. The van der Waals surface area contributed by atoms with Crippen LogP contribution in [0.1, 0.15) is 39.7 Å². The second kappa shape index (κ2) is 8.27. The molecule has 0 atom stereocenters. The summed E-state index contributed by atoms with van der Waals surface area (Å²) in [5, 5.41) is 0. The second-order valence-corrected chi connectivity index (χ2v) is 6.10. The van der Waals surface area contributed by atoms with E-state index in [0.29, 0.717) is 6.29 Å². The van der Waals surface area contributed by atoms with Crippen molar-refractivity contribution in [3.63, 3.8) is 0 Å². The van der Waals surface area contributed by atoms with Gasteiger partial charge in [-0.25, -0.2) is 0 Å². The summed E-state index contributed by atoms with van der Waals surface area (Å²) in [7, 11) is 0. The van der Waals surface area contributed by atoms with Crippen LogP contribution in [-0.4, -0.2) is 35.2 Å². The van der Waals surface area contributed by atoms with E-state index in [2.05, 4.69) is 0 Å². The number of aldehydes is 1. The SMILES string of the molecule is CC(=O)N(CCC(=O)OC(C)(C)C)C(C=O)=Cc1ccccc1. The number of nitrogens with zero attached hydrogens (tertiary/aromatic N) is 1. The first-order valence-electron chi connectivity index (χ1n) is 7.45. The number of benzene rings is 1. The van der Waals surface area contributed by atoms with E-state index in [0.717, 1.165) is 5.56 Å². The molecule has 0 aliphatic heterocycles. The van der Waals surface area contributed by atoms with Crippen LogP contribution in [0.3, 0.4) is 0 Å². The van der Waals surface area contributed by atoms with Gasteiger partial charge in [0.15, 0.2) is 6.29 Å². The van der Waals surface area contributed by atoms with Gasteiger partial charge in [0.25, 0.3) is 0 Å². The minimum absolute atomic E-state index is 0.0246. The maximum atomic E-state index is 11.8. The Morgan fingerprint density at radius 3 is 2.26 bits per heavy atom. The molecule has 0 N–H and O–H groups in total. The lowest BCUT2D eigenvalue weighted by Crippen LogP contribution is -2.32. The van der Waals surface area contributed by atoms with Gasteiger partial charge in [0.1, 0.15) is 5.60 Å². The summed E-state index contributed by atoms with van der Waals surface area (Å²) in [5.41, 5.74) is 0.441. The Morgan fingerprint density at radius 1 is 1.17 bits per heavy atom. The quantitative estimate of drug-likeness (QED) is 0.460. The van der Waals surface area contributed by atoms with Crippen LogP contribution in [0, 0.1) is 0 Å². The molecule has 0 saturated carbocycles. The summed E-state index contributed by atoms with van der Waals surface area (Å²) >= 11 is 0. The summed E-state index contributed by atoms with van der Waals surface area (Å²) in [5.74, 6) is -0.712. The van der Waals surface area contributed by atoms with E-state index in [9.17, 15) is 14.4 Å². The Morgan fingerprint density at radius 2 is 1.78 bits per heavy atom. The molecule has 0 unspecified atom stereocenters.